The third-order valence-electron chi connectivity index (χ3n) is 2.91. The van der Waals surface area contributed by atoms with Gasteiger partial charge in [0, 0.05) is 22.7 Å². The molecule has 0 aliphatic heterocycles. The first-order valence-corrected chi connectivity index (χ1v) is 8.05. The average molecular weight is 306 g/mol. The Morgan fingerprint density at radius 1 is 1.17 bits per heavy atom. The van der Waals surface area contributed by atoms with Crippen molar-refractivity contribution in [1.82, 2.24) is 5.32 Å². The highest BCUT2D eigenvalue weighted by molar-refractivity contribution is 8.00. The molecule has 1 unspecified atom stereocenters. The van der Waals surface area contributed by atoms with Gasteiger partial charge in [0.25, 0.3) is 0 Å². The molecule has 1 N–H and O–H groups in total. The number of rotatable bonds is 7. The van der Waals surface area contributed by atoms with Crippen molar-refractivity contribution < 1.29 is 0 Å². The highest BCUT2D eigenvalue weighted by Crippen LogP contribution is 2.30. The predicted molar refractivity (Wildman–Crippen MR) is 84.2 cm³/mol. The van der Waals surface area contributed by atoms with Crippen molar-refractivity contribution in [2.75, 3.05) is 6.54 Å². The zero-order chi connectivity index (χ0) is 13.5. The number of benzene rings is 1. The smallest absolute Gasteiger partial charge is 0.0603 e. The lowest BCUT2D eigenvalue weighted by Gasteiger charge is -2.18. The molecule has 102 valence electrons. The van der Waals surface area contributed by atoms with Crippen LogP contribution in [0.4, 0.5) is 0 Å². The molecule has 1 atom stereocenters. The van der Waals surface area contributed by atoms with Gasteiger partial charge in [-0.1, -0.05) is 44.0 Å². The van der Waals surface area contributed by atoms with E-state index in [2.05, 4.69) is 26.1 Å². The normalized spacial score (nSPS) is 13.0. The van der Waals surface area contributed by atoms with E-state index in [0.717, 1.165) is 6.54 Å². The molecule has 1 aromatic rings. The second-order valence-corrected chi connectivity index (χ2v) is 6.75. The summed E-state index contributed by atoms with van der Waals surface area (Å²) in [7, 11) is 0. The summed E-state index contributed by atoms with van der Waals surface area (Å²) in [5.41, 5.74) is 0. The van der Waals surface area contributed by atoms with Crippen LogP contribution in [0.5, 0.6) is 0 Å². The second kappa shape index (κ2) is 8.31. The quantitative estimate of drug-likeness (QED) is 0.690. The van der Waals surface area contributed by atoms with E-state index in [9.17, 15) is 0 Å². The van der Waals surface area contributed by atoms with E-state index in [4.69, 9.17) is 23.2 Å². The van der Waals surface area contributed by atoms with Crippen LogP contribution in [0.1, 0.15) is 33.6 Å². The van der Waals surface area contributed by atoms with Gasteiger partial charge in [0.2, 0.25) is 0 Å². The molecular formula is C14H21Cl2NS. The molecule has 0 radical (unpaired) electrons. The predicted octanol–water partition coefficient (Wildman–Crippen LogP) is 5.25. The number of hydrogen-bond acceptors (Lipinski definition) is 2. The fraction of sp³-hybridized carbons (Fsp3) is 0.571. The summed E-state index contributed by atoms with van der Waals surface area (Å²) in [6, 6.07) is 6.43. The fourth-order valence-corrected chi connectivity index (χ4v) is 3.07. The molecule has 1 nitrogen and oxygen atoms in total. The first-order chi connectivity index (χ1) is 8.56. The van der Waals surface area contributed by atoms with E-state index in [1.165, 1.54) is 17.7 Å². The molecule has 1 rings (SSSR count). The molecule has 0 saturated heterocycles. The largest absolute Gasteiger partial charge is 0.313 e. The molecule has 0 spiro atoms. The molecule has 0 aromatic heterocycles. The molecule has 4 heteroatoms. The third kappa shape index (κ3) is 5.40. The second-order valence-electron chi connectivity index (χ2n) is 4.43. The van der Waals surface area contributed by atoms with Crippen molar-refractivity contribution in [2.24, 2.45) is 0 Å². The van der Waals surface area contributed by atoms with Gasteiger partial charge in [-0.15, -0.1) is 11.8 Å². The SMILES string of the molecule is CCC(CC)NCC(C)Sc1ccc(Cl)c(Cl)c1. The lowest BCUT2D eigenvalue weighted by Crippen LogP contribution is -2.32. The molecule has 0 aliphatic carbocycles. The Morgan fingerprint density at radius 2 is 1.83 bits per heavy atom. The number of hydrogen-bond donors (Lipinski definition) is 1. The highest BCUT2D eigenvalue weighted by atomic mass is 35.5. The minimum atomic E-state index is 0.517. The van der Waals surface area contributed by atoms with Gasteiger partial charge in [0.05, 0.1) is 10.0 Å². The van der Waals surface area contributed by atoms with Crippen molar-refractivity contribution in [1.29, 1.82) is 0 Å². The number of thioether (sulfide) groups is 1. The molecule has 0 bridgehead atoms. The first kappa shape index (κ1) is 16.2. The summed E-state index contributed by atoms with van der Waals surface area (Å²) in [4.78, 5) is 1.17. The minimum absolute atomic E-state index is 0.517. The van der Waals surface area contributed by atoms with Crippen molar-refractivity contribution in [3.05, 3.63) is 28.2 Å². The van der Waals surface area contributed by atoms with Crippen molar-refractivity contribution in [3.8, 4) is 0 Å². The molecule has 0 saturated carbocycles. The van der Waals surface area contributed by atoms with Crippen LogP contribution in [0.2, 0.25) is 10.0 Å². The van der Waals surface area contributed by atoms with Gasteiger partial charge in [0.15, 0.2) is 0 Å². The van der Waals surface area contributed by atoms with Crippen LogP contribution in [-0.4, -0.2) is 17.8 Å². The summed E-state index contributed by atoms with van der Waals surface area (Å²) >= 11 is 13.7. The molecule has 18 heavy (non-hydrogen) atoms. The summed E-state index contributed by atoms with van der Waals surface area (Å²) in [6.45, 7) is 7.68. The first-order valence-electron chi connectivity index (χ1n) is 6.41. The van der Waals surface area contributed by atoms with Gasteiger partial charge in [0.1, 0.15) is 0 Å². The van der Waals surface area contributed by atoms with E-state index in [1.54, 1.807) is 0 Å². The molecule has 0 amide bonds. The Kier molecular flexibility index (Phi) is 7.47. The Morgan fingerprint density at radius 3 is 2.39 bits per heavy atom. The Bertz CT molecular complexity index is 367. The third-order valence-corrected chi connectivity index (χ3v) is 4.74. The summed E-state index contributed by atoms with van der Waals surface area (Å²) in [5, 5.41) is 5.34. The standard InChI is InChI=1S/C14H21Cl2NS/c1-4-11(5-2)17-9-10(3)18-12-6-7-13(15)14(16)8-12/h6-8,10-11,17H,4-5,9H2,1-3H3. The van der Waals surface area contributed by atoms with Gasteiger partial charge in [-0.25, -0.2) is 0 Å². The maximum absolute atomic E-state index is 6.01. The van der Waals surface area contributed by atoms with Crippen LogP contribution < -0.4 is 5.32 Å². The monoisotopic (exact) mass is 305 g/mol. The Labute approximate surface area is 125 Å². The van der Waals surface area contributed by atoms with Crippen LogP contribution in [0, 0.1) is 0 Å². The lowest BCUT2D eigenvalue weighted by molar-refractivity contribution is 0.488. The van der Waals surface area contributed by atoms with Gasteiger partial charge >= 0.3 is 0 Å². The van der Waals surface area contributed by atoms with E-state index < -0.39 is 0 Å². The van der Waals surface area contributed by atoms with Crippen molar-refractivity contribution >= 4 is 35.0 Å². The van der Waals surface area contributed by atoms with Gasteiger partial charge in [-0.3, -0.25) is 0 Å². The number of nitrogens with one attached hydrogen (secondary N) is 1. The van der Waals surface area contributed by atoms with Gasteiger partial charge in [-0.05, 0) is 31.0 Å². The molecular weight excluding hydrogens is 285 g/mol. The van der Waals surface area contributed by atoms with Crippen molar-refractivity contribution in [2.45, 2.75) is 49.8 Å². The summed E-state index contributed by atoms with van der Waals surface area (Å²) in [5.74, 6) is 0. The van der Waals surface area contributed by atoms with E-state index >= 15 is 0 Å². The zero-order valence-electron chi connectivity index (χ0n) is 11.2. The number of halogens is 2. The van der Waals surface area contributed by atoms with Crippen molar-refractivity contribution in [3.63, 3.8) is 0 Å². The van der Waals surface area contributed by atoms with E-state index in [1.807, 2.05) is 30.0 Å². The van der Waals surface area contributed by atoms with Crippen LogP contribution in [-0.2, 0) is 0 Å². The van der Waals surface area contributed by atoms with Crippen LogP contribution in [0.15, 0.2) is 23.1 Å². The van der Waals surface area contributed by atoms with E-state index in [-0.39, 0.29) is 0 Å². The van der Waals surface area contributed by atoms with Gasteiger partial charge < -0.3 is 5.32 Å². The maximum Gasteiger partial charge on any atom is 0.0603 e. The summed E-state index contributed by atoms with van der Waals surface area (Å²) in [6.07, 6.45) is 2.36. The Hall–Kier alpha value is 0.110. The zero-order valence-corrected chi connectivity index (χ0v) is 13.5. The maximum atomic E-state index is 6.01. The van der Waals surface area contributed by atoms with Crippen LogP contribution >= 0.6 is 35.0 Å². The molecule has 0 fully saturated rings. The molecule has 0 heterocycles. The summed E-state index contributed by atoms with van der Waals surface area (Å²) < 4.78 is 0. The highest BCUT2D eigenvalue weighted by Gasteiger charge is 2.08. The Balaban J connectivity index is 2.44. The fourth-order valence-electron chi connectivity index (χ4n) is 1.73. The minimum Gasteiger partial charge on any atom is -0.313 e. The van der Waals surface area contributed by atoms with Crippen LogP contribution in [0.3, 0.4) is 0 Å². The topological polar surface area (TPSA) is 12.0 Å². The van der Waals surface area contributed by atoms with Gasteiger partial charge in [-0.2, -0.15) is 0 Å². The average Bonchev–Trinajstić information content (AvgIpc) is 2.35. The van der Waals surface area contributed by atoms with E-state index in [0.29, 0.717) is 21.3 Å². The molecule has 0 aliphatic rings. The lowest BCUT2D eigenvalue weighted by atomic mass is 10.2. The molecule has 1 aromatic carbocycles. The van der Waals surface area contributed by atoms with Crippen LogP contribution in [0.25, 0.3) is 0 Å².